The molecule has 0 aliphatic rings. The van der Waals surface area contributed by atoms with E-state index in [1.165, 1.54) is 0 Å². The van der Waals surface area contributed by atoms with Crippen LogP contribution in [-0.2, 0) is 0 Å². The number of hydrogen-bond donors (Lipinski definition) is 2. The fraction of sp³-hybridized carbons (Fsp3) is 0.364. The summed E-state index contributed by atoms with van der Waals surface area (Å²) in [6, 6.07) is 2.68. The maximum absolute atomic E-state index is 12.8. The first-order valence-electron chi connectivity index (χ1n) is 4.99. The maximum Gasteiger partial charge on any atom is 0.251 e. The molecule has 17 heavy (non-hydrogen) atoms. The molecule has 0 aromatic heterocycles. The van der Waals surface area contributed by atoms with Crippen molar-refractivity contribution < 1.29 is 13.6 Å². The van der Waals surface area contributed by atoms with E-state index in [4.69, 9.17) is 5.73 Å². The predicted molar refractivity (Wildman–Crippen MR) is 64.2 cm³/mol. The summed E-state index contributed by atoms with van der Waals surface area (Å²) >= 11 is 0. The Morgan fingerprint density at radius 3 is 2.35 bits per heavy atom. The molecule has 1 aromatic rings. The normalized spacial score (nSPS) is 11.5. The highest BCUT2D eigenvalue weighted by atomic mass is 35.5. The van der Waals surface area contributed by atoms with Crippen molar-refractivity contribution >= 4 is 18.3 Å². The number of hydrogen-bond acceptors (Lipinski definition) is 2. The molecule has 3 nitrogen and oxygen atoms in total. The second-order valence-corrected chi connectivity index (χ2v) is 3.68. The second kappa shape index (κ2) is 7.19. The lowest BCUT2D eigenvalue weighted by atomic mass is 10.2. The molecule has 1 unspecified atom stereocenters. The van der Waals surface area contributed by atoms with Crippen LogP contribution >= 0.6 is 12.4 Å². The molecule has 0 fully saturated rings. The summed E-state index contributed by atoms with van der Waals surface area (Å²) in [6.07, 6.45) is 0.615. The number of benzene rings is 1. The number of halogens is 3. The van der Waals surface area contributed by atoms with Crippen LogP contribution < -0.4 is 11.1 Å². The molecule has 1 rings (SSSR count). The van der Waals surface area contributed by atoms with Crippen molar-refractivity contribution in [3.8, 4) is 0 Å². The molecule has 1 amide bonds. The second-order valence-electron chi connectivity index (χ2n) is 3.68. The molecule has 6 heteroatoms. The van der Waals surface area contributed by atoms with Crippen LogP contribution in [0, 0.1) is 11.6 Å². The first-order valence-corrected chi connectivity index (χ1v) is 4.99. The third kappa shape index (κ3) is 5.60. The van der Waals surface area contributed by atoms with Crippen molar-refractivity contribution in [3.05, 3.63) is 35.4 Å². The highest BCUT2D eigenvalue weighted by Gasteiger charge is 2.08. The zero-order valence-electron chi connectivity index (χ0n) is 9.37. The van der Waals surface area contributed by atoms with Crippen molar-refractivity contribution in [3.63, 3.8) is 0 Å². The van der Waals surface area contributed by atoms with Crippen LogP contribution in [0.5, 0.6) is 0 Å². The third-order valence-corrected chi connectivity index (χ3v) is 2.01. The first-order chi connectivity index (χ1) is 7.49. The van der Waals surface area contributed by atoms with Gasteiger partial charge in [-0.15, -0.1) is 12.4 Å². The molecule has 0 saturated heterocycles. The highest BCUT2D eigenvalue weighted by molar-refractivity contribution is 5.94. The zero-order valence-corrected chi connectivity index (χ0v) is 10.2. The Morgan fingerprint density at radius 1 is 1.35 bits per heavy atom. The summed E-state index contributed by atoms with van der Waals surface area (Å²) in [5.41, 5.74) is 5.47. The zero-order chi connectivity index (χ0) is 12.1. The van der Waals surface area contributed by atoms with Gasteiger partial charge in [0.25, 0.3) is 5.91 Å². The van der Waals surface area contributed by atoms with E-state index in [0.717, 1.165) is 18.2 Å². The van der Waals surface area contributed by atoms with Gasteiger partial charge in [0.05, 0.1) is 0 Å². The Hall–Kier alpha value is -1.20. The molecular formula is C11H15ClF2N2O. The minimum absolute atomic E-state index is 0. The van der Waals surface area contributed by atoms with E-state index in [1.54, 1.807) is 0 Å². The largest absolute Gasteiger partial charge is 0.352 e. The number of rotatable bonds is 4. The molecule has 0 saturated carbocycles. The van der Waals surface area contributed by atoms with Gasteiger partial charge < -0.3 is 11.1 Å². The van der Waals surface area contributed by atoms with Crippen molar-refractivity contribution in [2.24, 2.45) is 5.73 Å². The first kappa shape index (κ1) is 15.8. The lowest BCUT2D eigenvalue weighted by Crippen LogP contribution is -2.29. The number of carbonyl (C=O) groups excluding carboxylic acids is 1. The monoisotopic (exact) mass is 264 g/mol. The van der Waals surface area contributed by atoms with Gasteiger partial charge in [0.2, 0.25) is 0 Å². The molecular weight excluding hydrogens is 250 g/mol. The van der Waals surface area contributed by atoms with E-state index in [-0.39, 0.29) is 24.0 Å². The van der Waals surface area contributed by atoms with Crippen LogP contribution in [0.4, 0.5) is 8.78 Å². The lowest BCUT2D eigenvalue weighted by Gasteiger charge is -2.07. The molecule has 3 N–H and O–H groups in total. The van der Waals surface area contributed by atoms with Gasteiger partial charge >= 0.3 is 0 Å². The molecule has 96 valence electrons. The quantitative estimate of drug-likeness (QED) is 0.872. The number of amides is 1. The van der Waals surface area contributed by atoms with Crippen molar-refractivity contribution in [2.75, 3.05) is 6.54 Å². The summed E-state index contributed by atoms with van der Waals surface area (Å²) < 4.78 is 25.6. The van der Waals surface area contributed by atoms with Crippen LogP contribution in [0.25, 0.3) is 0 Å². The fourth-order valence-corrected chi connectivity index (χ4v) is 1.20. The van der Waals surface area contributed by atoms with Crippen LogP contribution in [0.1, 0.15) is 23.7 Å². The van der Waals surface area contributed by atoms with Crippen molar-refractivity contribution in [2.45, 2.75) is 19.4 Å². The Morgan fingerprint density at radius 2 is 1.88 bits per heavy atom. The minimum Gasteiger partial charge on any atom is -0.352 e. The lowest BCUT2D eigenvalue weighted by molar-refractivity contribution is 0.0952. The van der Waals surface area contributed by atoms with Crippen molar-refractivity contribution in [1.29, 1.82) is 0 Å². The summed E-state index contributed by atoms with van der Waals surface area (Å²) in [5.74, 6) is -2.03. The van der Waals surface area contributed by atoms with Crippen LogP contribution in [0.3, 0.4) is 0 Å². The van der Waals surface area contributed by atoms with Gasteiger partial charge in [-0.25, -0.2) is 8.78 Å². The fourth-order valence-electron chi connectivity index (χ4n) is 1.20. The molecule has 1 aromatic carbocycles. The number of nitrogens with one attached hydrogen (secondary N) is 1. The van der Waals surface area contributed by atoms with Gasteiger partial charge in [-0.1, -0.05) is 0 Å². The summed E-state index contributed by atoms with van der Waals surface area (Å²) in [7, 11) is 0. The summed E-state index contributed by atoms with van der Waals surface area (Å²) in [4.78, 5) is 11.4. The van der Waals surface area contributed by atoms with E-state index in [1.807, 2.05) is 6.92 Å². The van der Waals surface area contributed by atoms with Gasteiger partial charge in [-0.05, 0) is 25.5 Å². The molecule has 0 radical (unpaired) electrons. The van der Waals surface area contributed by atoms with Gasteiger partial charge in [0, 0.05) is 24.2 Å². The van der Waals surface area contributed by atoms with Crippen LogP contribution in [-0.4, -0.2) is 18.5 Å². The Labute approximate surface area is 105 Å². The number of nitrogens with two attached hydrogens (primary N) is 1. The average Bonchev–Trinajstić information content (AvgIpc) is 2.15. The van der Waals surface area contributed by atoms with E-state index in [2.05, 4.69) is 5.32 Å². The van der Waals surface area contributed by atoms with Gasteiger partial charge in [-0.3, -0.25) is 4.79 Å². The predicted octanol–water partition coefficient (Wildman–Crippen LogP) is 1.85. The molecule has 0 heterocycles. The van der Waals surface area contributed by atoms with E-state index >= 15 is 0 Å². The third-order valence-electron chi connectivity index (χ3n) is 2.01. The van der Waals surface area contributed by atoms with Gasteiger partial charge in [0.15, 0.2) is 0 Å². The SMILES string of the molecule is CC(N)CCNC(=O)c1cc(F)cc(F)c1.Cl. The summed E-state index contributed by atoms with van der Waals surface area (Å²) in [6.45, 7) is 2.20. The molecule has 0 bridgehead atoms. The van der Waals surface area contributed by atoms with Crippen LogP contribution in [0.2, 0.25) is 0 Å². The van der Waals surface area contributed by atoms with Crippen molar-refractivity contribution in [1.82, 2.24) is 5.32 Å². The Balaban J connectivity index is 0.00000256. The number of carbonyl (C=O) groups is 1. The van der Waals surface area contributed by atoms with Gasteiger partial charge in [0.1, 0.15) is 11.6 Å². The maximum atomic E-state index is 12.8. The van der Waals surface area contributed by atoms with E-state index in [9.17, 15) is 13.6 Å². The Kier molecular flexibility index (Phi) is 6.68. The highest BCUT2D eigenvalue weighted by Crippen LogP contribution is 2.07. The minimum atomic E-state index is -0.766. The smallest absolute Gasteiger partial charge is 0.251 e. The van der Waals surface area contributed by atoms with Gasteiger partial charge in [-0.2, -0.15) is 0 Å². The van der Waals surface area contributed by atoms with Crippen LogP contribution in [0.15, 0.2) is 18.2 Å². The molecule has 0 aliphatic heterocycles. The summed E-state index contributed by atoms with van der Waals surface area (Å²) in [5, 5.41) is 2.53. The topological polar surface area (TPSA) is 55.1 Å². The molecule has 0 aliphatic carbocycles. The standard InChI is InChI=1S/C11H14F2N2O.ClH/c1-7(14)2-3-15-11(16)8-4-9(12)6-10(13)5-8;/h4-7H,2-3,14H2,1H3,(H,15,16);1H. The van der Waals surface area contributed by atoms with E-state index < -0.39 is 17.5 Å². The van der Waals surface area contributed by atoms with E-state index in [0.29, 0.717) is 13.0 Å². The molecule has 1 atom stereocenters. The average molecular weight is 265 g/mol. The Bertz CT molecular complexity index is 365. The molecule has 0 spiro atoms.